The van der Waals surface area contributed by atoms with Crippen LogP contribution in [0.4, 0.5) is 5.69 Å². The number of aromatic nitrogens is 2. The maximum absolute atomic E-state index is 12.5. The number of carbonyl (C=O) groups excluding carboxylic acids is 2. The van der Waals surface area contributed by atoms with Crippen molar-refractivity contribution < 1.29 is 14.3 Å². The Morgan fingerprint density at radius 3 is 2.44 bits per heavy atom. The van der Waals surface area contributed by atoms with Gasteiger partial charge in [0, 0.05) is 23.6 Å². The van der Waals surface area contributed by atoms with Crippen LogP contribution < -0.4 is 5.32 Å². The molecule has 0 atom stereocenters. The third-order valence-electron chi connectivity index (χ3n) is 3.73. The van der Waals surface area contributed by atoms with Crippen LogP contribution >= 0.6 is 0 Å². The van der Waals surface area contributed by atoms with Gasteiger partial charge >= 0.3 is 5.97 Å². The van der Waals surface area contributed by atoms with Gasteiger partial charge in [-0.05, 0) is 42.0 Å². The number of hydrogen-bond acceptors (Lipinski definition) is 4. The summed E-state index contributed by atoms with van der Waals surface area (Å²) in [5.74, 6) is -0.680. The van der Waals surface area contributed by atoms with E-state index in [1.807, 2.05) is 36.5 Å². The van der Waals surface area contributed by atoms with E-state index in [0.29, 0.717) is 17.7 Å². The molecule has 1 aromatic heterocycles. The van der Waals surface area contributed by atoms with Crippen molar-refractivity contribution in [3.8, 4) is 0 Å². The summed E-state index contributed by atoms with van der Waals surface area (Å²) in [5, 5.41) is 7.09. The van der Waals surface area contributed by atoms with Gasteiger partial charge in [0.05, 0.1) is 19.2 Å². The highest BCUT2D eigenvalue weighted by molar-refractivity contribution is 6.05. The largest absolute Gasteiger partial charge is 0.465 e. The first-order chi connectivity index (χ1) is 12.2. The number of esters is 1. The Labute approximate surface area is 145 Å². The second-order valence-electron chi connectivity index (χ2n) is 5.38. The number of methoxy groups -OCH3 is 1. The minimum absolute atomic E-state index is 0.246. The lowest BCUT2D eigenvalue weighted by Crippen LogP contribution is -2.14. The molecule has 0 fully saturated rings. The molecule has 1 N–H and O–H groups in total. The van der Waals surface area contributed by atoms with E-state index in [0.717, 1.165) is 11.3 Å². The van der Waals surface area contributed by atoms with Gasteiger partial charge in [-0.3, -0.25) is 9.48 Å². The van der Waals surface area contributed by atoms with Crippen LogP contribution in [-0.2, 0) is 11.3 Å². The number of rotatable bonds is 5. The minimum atomic E-state index is -0.434. The van der Waals surface area contributed by atoms with E-state index >= 15 is 0 Å². The van der Waals surface area contributed by atoms with Gasteiger partial charge in [0.15, 0.2) is 0 Å². The molecule has 0 unspecified atom stereocenters. The molecule has 0 radical (unpaired) electrons. The Morgan fingerprint density at radius 2 is 1.76 bits per heavy atom. The van der Waals surface area contributed by atoms with Gasteiger partial charge in [0.2, 0.25) is 0 Å². The van der Waals surface area contributed by atoms with E-state index < -0.39 is 5.97 Å². The predicted octanol–water partition coefficient (Wildman–Crippen LogP) is 2.97. The molecule has 6 nitrogen and oxygen atoms in total. The molecule has 0 saturated heterocycles. The maximum Gasteiger partial charge on any atom is 0.337 e. The smallest absolute Gasteiger partial charge is 0.337 e. The van der Waals surface area contributed by atoms with E-state index in [4.69, 9.17) is 0 Å². The molecule has 3 aromatic rings. The van der Waals surface area contributed by atoms with Gasteiger partial charge in [-0.15, -0.1) is 0 Å². The summed E-state index contributed by atoms with van der Waals surface area (Å²) in [6.07, 6.45) is 3.58. The van der Waals surface area contributed by atoms with E-state index in [2.05, 4.69) is 15.2 Å². The molecule has 0 saturated carbocycles. The molecule has 126 valence electrons. The first-order valence-corrected chi connectivity index (χ1v) is 7.72. The average molecular weight is 335 g/mol. The third kappa shape index (κ3) is 3.92. The minimum Gasteiger partial charge on any atom is -0.465 e. The van der Waals surface area contributed by atoms with Crippen LogP contribution in [0.1, 0.15) is 26.3 Å². The van der Waals surface area contributed by atoms with Crippen LogP contribution in [0.15, 0.2) is 67.0 Å². The Bertz CT molecular complexity index is 871. The number of anilines is 1. The lowest BCUT2D eigenvalue weighted by atomic mass is 10.1. The summed E-state index contributed by atoms with van der Waals surface area (Å²) in [5.41, 5.74) is 2.53. The van der Waals surface area contributed by atoms with Gasteiger partial charge in [-0.2, -0.15) is 5.10 Å². The fourth-order valence-electron chi connectivity index (χ4n) is 2.42. The average Bonchev–Trinajstić information content (AvgIpc) is 3.16. The zero-order valence-corrected chi connectivity index (χ0v) is 13.7. The van der Waals surface area contributed by atoms with Crippen molar-refractivity contribution in [2.24, 2.45) is 0 Å². The molecule has 25 heavy (non-hydrogen) atoms. The fourth-order valence-corrected chi connectivity index (χ4v) is 2.42. The van der Waals surface area contributed by atoms with Gasteiger partial charge in [0.1, 0.15) is 0 Å². The SMILES string of the molecule is COC(=O)c1ccc(C(=O)Nc2ccccc2Cn2cccn2)cc1. The van der Waals surface area contributed by atoms with Gasteiger partial charge < -0.3 is 10.1 Å². The normalized spacial score (nSPS) is 10.3. The van der Waals surface area contributed by atoms with E-state index in [1.54, 1.807) is 35.1 Å². The Kier molecular flexibility index (Phi) is 4.89. The molecule has 0 bridgehead atoms. The first-order valence-electron chi connectivity index (χ1n) is 7.72. The molecule has 0 aliphatic carbocycles. The number of hydrogen-bond donors (Lipinski definition) is 1. The van der Waals surface area contributed by atoms with Crippen molar-refractivity contribution in [3.63, 3.8) is 0 Å². The number of para-hydroxylation sites is 1. The van der Waals surface area contributed by atoms with Crippen molar-refractivity contribution in [2.75, 3.05) is 12.4 Å². The lowest BCUT2D eigenvalue weighted by Gasteiger charge is -2.11. The van der Waals surface area contributed by atoms with Crippen LogP contribution in [-0.4, -0.2) is 28.8 Å². The van der Waals surface area contributed by atoms with Crippen LogP contribution in [0.25, 0.3) is 0 Å². The molecule has 6 heteroatoms. The Morgan fingerprint density at radius 1 is 1.04 bits per heavy atom. The second-order valence-corrected chi connectivity index (χ2v) is 5.38. The third-order valence-corrected chi connectivity index (χ3v) is 3.73. The molecule has 2 aromatic carbocycles. The first kappa shape index (κ1) is 16.4. The fraction of sp³-hybridized carbons (Fsp3) is 0.105. The van der Waals surface area contributed by atoms with E-state index in [1.165, 1.54) is 7.11 Å². The highest BCUT2D eigenvalue weighted by atomic mass is 16.5. The summed E-state index contributed by atoms with van der Waals surface area (Å²) < 4.78 is 6.44. The lowest BCUT2D eigenvalue weighted by molar-refractivity contribution is 0.0600. The molecule has 1 heterocycles. The highest BCUT2D eigenvalue weighted by Gasteiger charge is 2.11. The van der Waals surface area contributed by atoms with Crippen molar-refractivity contribution in [2.45, 2.75) is 6.54 Å². The van der Waals surface area contributed by atoms with Crippen molar-refractivity contribution in [3.05, 3.63) is 83.7 Å². The maximum atomic E-state index is 12.5. The van der Waals surface area contributed by atoms with Crippen molar-refractivity contribution in [1.82, 2.24) is 9.78 Å². The summed E-state index contributed by atoms with van der Waals surface area (Å²) in [4.78, 5) is 23.9. The zero-order valence-electron chi connectivity index (χ0n) is 13.7. The van der Waals surface area contributed by atoms with E-state index in [-0.39, 0.29) is 5.91 Å². The summed E-state index contributed by atoms with van der Waals surface area (Å²) >= 11 is 0. The summed E-state index contributed by atoms with van der Waals surface area (Å²) in [6.45, 7) is 0.560. The molecule has 0 aliphatic heterocycles. The number of ether oxygens (including phenoxy) is 1. The summed E-state index contributed by atoms with van der Waals surface area (Å²) in [6, 6.07) is 15.7. The summed E-state index contributed by atoms with van der Waals surface area (Å²) in [7, 11) is 1.32. The predicted molar refractivity (Wildman–Crippen MR) is 93.5 cm³/mol. The van der Waals surface area contributed by atoms with Crippen LogP contribution in [0.5, 0.6) is 0 Å². The molecule has 3 rings (SSSR count). The van der Waals surface area contributed by atoms with Crippen molar-refractivity contribution in [1.29, 1.82) is 0 Å². The Balaban J connectivity index is 1.76. The molecule has 0 spiro atoms. The number of amides is 1. The van der Waals surface area contributed by atoms with Crippen LogP contribution in [0.2, 0.25) is 0 Å². The molecular weight excluding hydrogens is 318 g/mol. The van der Waals surface area contributed by atoms with Crippen LogP contribution in [0, 0.1) is 0 Å². The number of benzene rings is 2. The van der Waals surface area contributed by atoms with E-state index in [9.17, 15) is 9.59 Å². The molecule has 0 aliphatic rings. The number of nitrogens with one attached hydrogen (secondary N) is 1. The number of carbonyl (C=O) groups is 2. The topological polar surface area (TPSA) is 73.2 Å². The number of nitrogens with zero attached hydrogens (tertiary/aromatic N) is 2. The monoisotopic (exact) mass is 335 g/mol. The Hall–Kier alpha value is -3.41. The van der Waals surface area contributed by atoms with Crippen LogP contribution in [0.3, 0.4) is 0 Å². The molecule has 1 amide bonds. The van der Waals surface area contributed by atoms with Crippen molar-refractivity contribution >= 4 is 17.6 Å². The highest BCUT2D eigenvalue weighted by Crippen LogP contribution is 2.17. The zero-order chi connectivity index (χ0) is 17.6. The van der Waals surface area contributed by atoms with Gasteiger partial charge in [-0.25, -0.2) is 4.79 Å². The van der Waals surface area contributed by atoms with Gasteiger partial charge in [-0.1, -0.05) is 18.2 Å². The molecular formula is C19H17N3O3. The standard InChI is InChI=1S/C19H17N3O3/c1-25-19(24)15-9-7-14(8-10-15)18(23)21-17-6-3-2-5-16(17)13-22-12-4-11-20-22/h2-12H,13H2,1H3,(H,21,23). The second kappa shape index (κ2) is 7.44. The quantitative estimate of drug-likeness (QED) is 0.728. The van der Waals surface area contributed by atoms with Gasteiger partial charge in [0.25, 0.3) is 5.91 Å².